The Labute approximate surface area is 137 Å². The summed E-state index contributed by atoms with van der Waals surface area (Å²) in [5, 5.41) is 0. The van der Waals surface area contributed by atoms with Crippen molar-refractivity contribution < 1.29 is 9.53 Å². The molecule has 1 aromatic carbocycles. The Kier molecular flexibility index (Phi) is 4.07. The summed E-state index contributed by atoms with van der Waals surface area (Å²) in [7, 11) is 0. The molecule has 4 nitrogen and oxygen atoms in total. The van der Waals surface area contributed by atoms with E-state index in [4.69, 9.17) is 4.74 Å². The fourth-order valence-corrected chi connectivity index (χ4v) is 2.76. The predicted octanol–water partition coefficient (Wildman–Crippen LogP) is 4.04. The SMILES string of the molecule is CC(C)(C)OC(=O)N1CCc2cc(-c3ccncc3)ccc2C1. The molecular formula is C19H22N2O2. The summed E-state index contributed by atoms with van der Waals surface area (Å²) >= 11 is 0. The molecule has 0 aliphatic carbocycles. The number of hydrogen-bond donors (Lipinski definition) is 0. The van der Waals surface area contributed by atoms with E-state index in [0.29, 0.717) is 13.1 Å². The van der Waals surface area contributed by atoms with Crippen LogP contribution in [0.4, 0.5) is 4.79 Å². The predicted molar refractivity (Wildman–Crippen MR) is 90.0 cm³/mol. The molecule has 0 atom stereocenters. The summed E-state index contributed by atoms with van der Waals surface area (Å²) in [5.41, 5.74) is 4.40. The van der Waals surface area contributed by atoms with E-state index in [1.165, 1.54) is 16.7 Å². The van der Waals surface area contributed by atoms with Crippen molar-refractivity contribution >= 4 is 6.09 Å². The number of ether oxygens (including phenoxy) is 1. The van der Waals surface area contributed by atoms with Gasteiger partial charge in [0.05, 0.1) is 0 Å². The summed E-state index contributed by atoms with van der Waals surface area (Å²) in [6.45, 7) is 6.99. The van der Waals surface area contributed by atoms with Gasteiger partial charge in [-0.15, -0.1) is 0 Å². The maximum Gasteiger partial charge on any atom is 0.410 e. The van der Waals surface area contributed by atoms with Gasteiger partial charge in [-0.2, -0.15) is 0 Å². The third-order valence-corrected chi connectivity index (χ3v) is 3.88. The second kappa shape index (κ2) is 6.03. The number of rotatable bonds is 1. The molecule has 0 radical (unpaired) electrons. The monoisotopic (exact) mass is 310 g/mol. The Balaban J connectivity index is 1.77. The van der Waals surface area contributed by atoms with Crippen molar-refractivity contribution in [2.75, 3.05) is 6.54 Å². The Hall–Kier alpha value is -2.36. The Morgan fingerprint density at radius 1 is 1.09 bits per heavy atom. The maximum atomic E-state index is 12.2. The molecule has 2 aromatic rings. The first kappa shape index (κ1) is 15.5. The number of benzene rings is 1. The minimum Gasteiger partial charge on any atom is -0.444 e. The lowest BCUT2D eigenvalue weighted by Crippen LogP contribution is -2.39. The molecule has 1 amide bonds. The standard InChI is InChI=1S/C19H22N2O2/c1-19(2,3)23-18(22)21-11-8-16-12-15(4-5-17(16)13-21)14-6-9-20-10-7-14/h4-7,9-10,12H,8,11,13H2,1-3H3. The van der Waals surface area contributed by atoms with Crippen LogP contribution in [-0.4, -0.2) is 28.1 Å². The van der Waals surface area contributed by atoms with Gasteiger partial charge in [-0.1, -0.05) is 18.2 Å². The largest absolute Gasteiger partial charge is 0.444 e. The van der Waals surface area contributed by atoms with Gasteiger partial charge in [-0.3, -0.25) is 4.98 Å². The highest BCUT2D eigenvalue weighted by Crippen LogP contribution is 2.26. The third kappa shape index (κ3) is 3.70. The average Bonchev–Trinajstić information content (AvgIpc) is 2.53. The van der Waals surface area contributed by atoms with E-state index in [0.717, 1.165) is 12.0 Å². The summed E-state index contributed by atoms with van der Waals surface area (Å²) in [6, 6.07) is 10.5. The fourth-order valence-electron chi connectivity index (χ4n) is 2.76. The highest BCUT2D eigenvalue weighted by molar-refractivity contribution is 5.69. The Bertz CT molecular complexity index is 705. The molecule has 1 aliphatic heterocycles. The van der Waals surface area contributed by atoms with Gasteiger partial charge in [0.2, 0.25) is 0 Å². The molecule has 0 bridgehead atoms. The zero-order chi connectivity index (χ0) is 16.4. The van der Waals surface area contributed by atoms with Crippen LogP contribution < -0.4 is 0 Å². The molecule has 120 valence electrons. The number of carbonyl (C=O) groups is 1. The van der Waals surface area contributed by atoms with Crippen molar-refractivity contribution in [2.24, 2.45) is 0 Å². The molecule has 1 aliphatic rings. The normalized spacial score (nSPS) is 14.3. The van der Waals surface area contributed by atoms with Gasteiger partial charge < -0.3 is 9.64 Å². The van der Waals surface area contributed by atoms with E-state index in [1.54, 1.807) is 17.3 Å². The Morgan fingerprint density at radius 2 is 1.83 bits per heavy atom. The van der Waals surface area contributed by atoms with Crippen LogP contribution in [0.15, 0.2) is 42.7 Å². The third-order valence-electron chi connectivity index (χ3n) is 3.88. The highest BCUT2D eigenvalue weighted by atomic mass is 16.6. The highest BCUT2D eigenvalue weighted by Gasteiger charge is 2.25. The van der Waals surface area contributed by atoms with Gasteiger partial charge in [0.1, 0.15) is 5.60 Å². The van der Waals surface area contributed by atoms with E-state index < -0.39 is 5.60 Å². The smallest absolute Gasteiger partial charge is 0.410 e. The molecule has 23 heavy (non-hydrogen) atoms. The number of amides is 1. The van der Waals surface area contributed by atoms with Crippen molar-refractivity contribution in [3.8, 4) is 11.1 Å². The second-order valence-electron chi connectivity index (χ2n) is 6.87. The lowest BCUT2D eigenvalue weighted by molar-refractivity contribution is 0.0224. The van der Waals surface area contributed by atoms with E-state index in [-0.39, 0.29) is 6.09 Å². The summed E-state index contributed by atoms with van der Waals surface area (Å²) in [6.07, 6.45) is 4.23. The molecule has 0 saturated carbocycles. The summed E-state index contributed by atoms with van der Waals surface area (Å²) in [4.78, 5) is 18.0. The molecule has 0 N–H and O–H groups in total. The van der Waals surface area contributed by atoms with Crippen LogP contribution in [0.25, 0.3) is 11.1 Å². The topological polar surface area (TPSA) is 42.4 Å². The summed E-state index contributed by atoms with van der Waals surface area (Å²) < 4.78 is 5.47. The van der Waals surface area contributed by atoms with Gasteiger partial charge in [0.15, 0.2) is 0 Å². The molecular weight excluding hydrogens is 288 g/mol. The van der Waals surface area contributed by atoms with Crippen molar-refractivity contribution in [3.63, 3.8) is 0 Å². The van der Waals surface area contributed by atoms with Crippen LogP contribution in [0.3, 0.4) is 0 Å². The lowest BCUT2D eigenvalue weighted by atomic mass is 9.95. The van der Waals surface area contributed by atoms with E-state index in [9.17, 15) is 4.79 Å². The van der Waals surface area contributed by atoms with Crippen molar-refractivity contribution in [1.29, 1.82) is 0 Å². The van der Waals surface area contributed by atoms with Gasteiger partial charge in [-0.05, 0) is 61.6 Å². The van der Waals surface area contributed by atoms with Gasteiger partial charge in [0.25, 0.3) is 0 Å². The molecule has 0 fully saturated rings. The van der Waals surface area contributed by atoms with Crippen molar-refractivity contribution in [3.05, 3.63) is 53.9 Å². The Morgan fingerprint density at radius 3 is 2.52 bits per heavy atom. The molecule has 4 heteroatoms. The van der Waals surface area contributed by atoms with Crippen LogP contribution >= 0.6 is 0 Å². The zero-order valence-corrected chi connectivity index (χ0v) is 13.9. The zero-order valence-electron chi connectivity index (χ0n) is 13.9. The number of aromatic nitrogens is 1. The van der Waals surface area contributed by atoms with Gasteiger partial charge >= 0.3 is 6.09 Å². The van der Waals surface area contributed by atoms with Gasteiger partial charge in [0, 0.05) is 25.5 Å². The lowest BCUT2D eigenvalue weighted by Gasteiger charge is -2.31. The van der Waals surface area contributed by atoms with Crippen LogP contribution in [0, 0.1) is 0 Å². The molecule has 0 unspecified atom stereocenters. The van der Waals surface area contributed by atoms with E-state index in [2.05, 4.69) is 23.2 Å². The summed E-state index contributed by atoms with van der Waals surface area (Å²) in [5.74, 6) is 0. The van der Waals surface area contributed by atoms with Crippen LogP contribution in [0.2, 0.25) is 0 Å². The number of hydrogen-bond acceptors (Lipinski definition) is 3. The van der Waals surface area contributed by atoms with Crippen LogP contribution in [0.5, 0.6) is 0 Å². The first-order valence-electron chi connectivity index (χ1n) is 7.92. The molecule has 0 saturated heterocycles. The van der Waals surface area contributed by atoms with E-state index >= 15 is 0 Å². The fraction of sp³-hybridized carbons (Fsp3) is 0.368. The number of fused-ring (bicyclic) bond motifs is 1. The molecule has 3 rings (SSSR count). The maximum absolute atomic E-state index is 12.2. The quantitative estimate of drug-likeness (QED) is 0.798. The van der Waals surface area contributed by atoms with Crippen LogP contribution in [0.1, 0.15) is 31.9 Å². The average molecular weight is 310 g/mol. The number of carbonyl (C=O) groups excluding carboxylic acids is 1. The van der Waals surface area contributed by atoms with Crippen molar-refractivity contribution in [2.45, 2.75) is 39.3 Å². The molecule has 0 spiro atoms. The number of pyridine rings is 1. The number of nitrogens with zero attached hydrogens (tertiary/aromatic N) is 2. The first-order chi connectivity index (χ1) is 10.9. The first-order valence-corrected chi connectivity index (χ1v) is 7.92. The minimum atomic E-state index is -0.456. The van der Waals surface area contributed by atoms with Gasteiger partial charge in [-0.25, -0.2) is 4.79 Å². The molecule has 1 aromatic heterocycles. The van der Waals surface area contributed by atoms with Crippen molar-refractivity contribution in [1.82, 2.24) is 9.88 Å². The van der Waals surface area contributed by atoms with E-state index in [1.807, 2.05) is 32.9 Å². The molecule has 2 heterocycles. The van der Waals surface area contributed by atoms with Crippen LogP contribution in [-0.2, 0) is 17.7 Å². The minimum absolute atomic E-state index is 0.235. The second-order valence-corrected chi connectivity index (χ2v) is 6.87.